The summed E-state index contributed by atoms with van der Waals surface area (Å²) in [6, 6.07) is 7.34. The third-order valence-corrected chi connectivity index (χ3v) is 3.76. The van der Waals surface area contributed by atoms with Crippen molar-refractivity contribution in [1.29, 1.82) is 0 Å². The average Bonchev–Trinajstić information content (AvgIpc) is 3.30. The van der Waals surface area contributed by atoms with Crippen molar-refractivity contribution in [2.24, 2.45) is 5.92 Å². The molecular weight excluding hydrogens is 254 g/mol. The number of ether oxygens (including phenoxy) is 2. The van der Waals surface area contributed by atoms with Gasteiger partial charge in [0.05, 0.1) is 7.11 Å². The second-order valence-electron chi connectivity index (χ2n) is 5.41. The number of rotatable bonds is 7. The highest BCUT2D eigenvalue weighted by Crippen LogP contribution is 2.42. The molecule has 0 unspecified atom stereocenters. The van der Waals surface area contributed by atoms with Crippen molar-refractivity contribution >= 4 is 11.6 Å². The van der Waals surface area contributed by atoms with E-state index in [2.05, 4.69) is 12.2 Å². The molecule has 1 aliphatic carbocycles. The van der Waals surface area contributed by atoms with Crippen LogP contribution in [-0.4, -0.2) is 25.2 Å². The van der Waals surface area contributed by atoms with Crippen LogP contribution in [-0.2, 0) is 9.53 Å². The molecule has 1 fully saturated rings. The Bertz CT molecular complexity index is 453. The van der Waals surface area contributed by atoms with Gasteiger partial charge < -0.3 is 14.8 Å². The van der Waals surface area contributed by atoms with Crippen molar-refractivity contribution in [2.45, 2.75) is 38.7 Å². The zero-order valence-corrected chi connectivity index (χ0v) is 12.4. The second kappa shape index (κ2) is 6.27. The smallest absolute Gasteiger partial charge is 0.256 e. The van der Waals surface area contributed by atoms with Crippen LogP contribution in [0.2, 0.25) is 0 Å². The molecule has 1 aromatic rings. The summed E-state index contributed by atoms with van der Waals surface area (Å²) in [5.41, 5.74) is 0.0541. The van der Waals surface area contributed by atoms with Gasteiger partial charge in [0, 0.05) is 12.3 Å². The van der Waals surface area contributed by atoms with E-state index in [0.29, 0.717) is 12.5 Å². The Labute approximate surface area is 120 Å². The largest absolute Gasteiger partial charge is 0.497 e. The molecule has 1 amide bonds. The molecule has 1 N–H and O–H groups in total. The first-order chi connectivity index (χ1) is 9.60. The fraction of sp³-hybridized carbons (Fsp3) is 0.562. The van der Waals surface area contributed by atoms with Gasteiger partial charge in [-0.05, 0) is 56.4 Å². The lowest BCUT2D eigenvalue weighted by molar-refractivity contribution is -0.142. The van der Waals surface area contributed by atoms with Gasteiger partial charge in [0.15, 0.2) is 0 Å². The molecule has 110 valence electrons. The van der Waals surface area contributed by atoms with Gasteiger partial charge in [-0.25, -0.2) is 0 Å². The average molecular weight is 277 g/mol. The standard InChI is InChI=1S/C16H23NO3/c1-4-11-20-16(2,12-5-6-12)15(18)17-13-7-9-14(19-3)10-8-13/h7-10,12H,4-6,11H2,1-3H3,(H,17,18)/t16-/m1/s1. The molecule has 4 nitrogen and oxygen atoms in total. The fourth-order valence-electron chi connectivity index (χ4n) is 2.25. The molecule has 1 aliphatic rings. The molecule has 0 radical (unpaired) electrons. The topological polar surface area (TPSA) is 47.6 Å². The van der Waals surface area contributed by atoms with Gasteiger partial charge in [-0.15, -0.1) is 0 Å². The summed E-state index contributed by atoms with van der Waals surface area (Å²) in [6.07, 6.45) is 3.05. The first kappa shape index (κ1) is 14.9. The van der Waals surface area contributed by atoms with Crippen LogP contribution in [0.1, 0.15) is 33.1 Å². The molecule has 0 heterocycles. The fourth-order valence-corrected chi connectivity index (χ4v) is 2.25. The van der Waals surface area contributed by atoms with Gasteiger partial charge in [0.2, 0.25) is 0 Å². The van der Waals surface area contributed by atoms with Gasteiger partial charge >= 0.3 is 0 Å². The van der Waals surface area contributed by atoms with E-state index in [1.54, 1.807) is 7.11 Å². The maximum Gasteiger partial charge on any atom is 0.256 e. The van der Waals surface area contributed by atoms with Crippen molar-refractivity contribution in [3.05, 3.63) is 24.3 Å². The van der Waals surface area contributed by atoms with Gasteiger partial charge in [-0.2, -0.15) is 0 Å². The summed E-state index contributed by atoms with van der Waals surface area (Å²) in [6.45, 7) is 4.57. The summed E-state index contributed by atoms with van der Waals surface area (Å²) in [4.78, 5) is 12.5. The highest BCUT2D eigenvalue weighted by Gasteiger charge is 2.48. The third-order valence-electron chi connectivity index (χ3n) is 3.76. The van der Waals surface area contributed by atoms with Crippen molar-refractivity contribution in [2.75, 3.05) is 19.0 Å². The Hall–Kier alpha value is -1.55. The monoisotopic (exact) mass is 277 g/mol. The third kappa shape index (κ3) is 3.31. The molecule has 20 heavy (non-hydrogen) atoms. The molecule has 0 saturated heterocycles. The van der Waals surface area contributed by atoms with Crippen LogP contribution in [0.15, 0.2) is 24.3 Å². The van der Waals surface area contributed by atoms with E-state index in [4.69, 9.17) is 9.47 Å². The number of carbonyl (C=O) groups excluding carboxylic acids is 1. The lowest BCUT2D eigenvalue weighted by Crippen LogP contribution is -2.45. The normalized spacial score (nSPS) is 17.4. The number of amides is 1. The van der Waals surface area contributed by atoms with E-state index < -0.39 is 5.60 Å². The number of carbonyl (C=O) groups is 1. The van der Waals surface area contributed by atoms with E-state index >= 15 is 0 Å². The van der Waals surface area contributed by atoms with E-state index in [1.807, 2.05) is 31.2 Å². The summed E-state index contributed by atoms with van der Waals surface area (Å²) < 4.78 is 11.0. The van der Waals surface area contributed by atoms with Crippen molar-refractivity contribution in [1.82, 2.24) is 0 Å². The molecule has 4 heteroatoms. The zero-order valence-electron chi connectivity index (χ0n) is 12.4. The first-order valence-electron chi connectivity index (χ1n) is 7.19. The van der Waals surface area contributed by atoms with Gasteiger partial charge in [0.25, 0.3) is 5.91 Å². The molecule has 0 aliphatic heterocycles. The lowest BCUT2D eigenvalue weighted by Gasteiger charge is -2.28. The number of anilines is 1. The number of hydrogen-bond donors (Lipinski definition) is 1. The Morgan fingerprint density at radius 3 is 2.50 bits per heavy atom. The van der Waals surface area contributed by atoms with E-state index in [-0.39, 0.29) is 5.91 Å². The maximum atomic E-state index is 12.5. The predicted molar refractivity (Wildman–Crippen MR) is 79.0 cm³/mol. The number of benzene rings is 1. The first-order valence-corrected chi connectivity index (χ1v) is 7.19. The molecule has 0 aromatic heterocycles. The van der Waals surface area contributed by atoms with E-state index in [9.17, 15) is 4.79 Å². The van der Waals surface area contributed by atoms with Crippen LogP contribution in [0.25, 0.3) is 0 Å². The van der Waals surface area contributed by atoms with E-state index in [0.717, 1.165) is 30.7 Å². The van der Waals surface area contributed by atoms with Crippen LogP contribution in [0.4, 0.5) is 5.69 Å². The summed E-state index contributed by atoms with van der Waals surface area (Å²) in [7, 11) is 1.62. The second-order valence-corrected chi connectivity index (χ2v) is 5.41. The molecule has 2 rings (SSSR count). The van der Waals surface area contributed by atoms with Crippen molar-refractivity contribution in [3.63, 3.8) is 0 Å². The molecule has 1 atom stereocenters. The van der Waals surface area contributed by atoms with Gasteiger partial charge in [-0.1, -0.05) is 6.92 Å². The van der Waals surface area contributed by atoms with Crippen molar-refractivity contribution in [3.8, 4) is 5.75 Å². The number of hydrogen-bond acceptors (Lipinski definition) is 3. The minimum absolute atomic E-state index is 0.0568. The minimum Gasteiger partial charge on any atom is -0.497 e. The molecule has 0 spiro atoms. The van der Waals surface area contributed by atoms with Crippen LogP contribution >= 0.6 is 0 Å². The maximum absolute atomic E-state index is 12.5. The highest BCUT2D eigenvalue weighted by atomic mass is 16.5. The van der Waals surface area contributed by atoms with Crippen LogP contribution in [0.5, 0.6) is 5.75 Å². The van der Waals surface area contributed by atoms with Crippen LogP contribution in [0.3, 0.4) is 0 Å². The van der Waals surface area contributed by atoms with Crippen molar-refractivity contribution < 1.29 is 14.3 Å². The Kier molecular flexibility index (Phi) is 4.65. The zero-order chi connectivity index (χ0) is 14.6. The van der Waals surface area contributed by atoms with Gasteiger partial charge in [-0.3, -0.25) is 4.79 Å². The number of methoxy groups -OCH3 is 1. The summed E-state index contributed by atoms with van der Waals surface area (Å²) >= 11 is 0. The SMILES string of the molecule is CCCO[C@@](C)(C(=O)Nc1ccc(OC)cc1)C1CC1. The van der Waals surface area contributed by atoms with Gasteiger partial charge in [0.1, 0.15) is 11.4 Å². The van der Waals surface area contributed by atoms with E-state index in [1.165, 1.54) is 0 Å². The number of nitrogens with one attached hydrogen (secondary N) is 1. The summed E-state index contributed by atoms with van der Waals surface area (Å²) in [5, 5.41) is 2.94. The van der Waals surface area contributed by atoms with Crippen LogP contribution in [0, 0.1) is 5.92 Å². The summed E-state index contributed by atoms with van der Waals surface area (Å²) in [5.74, 6) is 1.06. The molecule has 0 bridgehead atoms. The minimum atomic E-state index is -0.712. The lowest BCUT2D eigenvalue weighted by atomic mass is 9.98. The predicted octanol–water partition coefficient (Wildman–Crippen LogP) is 3.23. The molecule has 1 saturated carbocycles. The quantitative estimate of drug-likeness (QED) is 0.832. The molecule has 1 aromatic carbocycles. The molecular formula is C16H23NO3. The Morgan fingerprint density at radius 1 is 1.35 bits per heavy atom. The van der Waals surface area contributed by atoms with Crippen LogP contribution < -0.4 is 10.1 Å². The Balaban J connectivity index is 2.03. The highest BCUT2D eigenvalue weighted by molar-refractivity contribution is 5.97. The Morgan fingerprint density at radius 2 is 2.00 bits per heavy atom.